The Kier molecular flexibility index (Phi) is 34.5. The Balaban J connectivity index is -0.000000559. The Bertz CT molecular complexity index is 594. The normalized spacial score (nSPS) is 10.5. The maximum absolute atomic E-state index is 12.1. The zero-order chi connectivity index (χ0) is 30.7. The standard InChI is InChI=1S/C21H39N3O5.C5H12.2C2H6/c1-6-20(28)15-23(13-18(4)26)9-7-22(11-12-25)8-10-24(14-19(5)27)16-21(29)17(2)3;1-4-5(2)3;2*1-2/h17,25H,6-16H2,1-5H3;5H,4H2,1-3H3;2*1-2H3. The van der Waals surface area contributed by atoms with E-state index in [1.54, 1.807) is 6.92 Å². The van der Waals surface area contributed by atoms with Gasteiger partial charge in [-0.2, -0.15) is 0 Å². The van der Waals surface area contributed by atoms with Gasteiger partial charge in [0.2, 0.25) is 0 Å². The number of nitrogens with zero attached hydrogens (tertiary/aromatic N) is 3. The van der Waals surface area contributed by atoms with Crippen molar-refractivity contribution in [3.8, 4) is 0 Å². The van der Waals surface area contributed by atoms with Crippen LogP contribution < -0.4 is 0 Å². The predicted octanol–water partition coefficient (Wildman–Crippen LogP) is 4.37. The van der Waals surface area contributed by atoms with Crippen LogP contribution in [0.1, 0.15) is 95.9 Å². The fourth-order valence-corrected chi connectivity index (χ4v) is 2.86. The van der Waals surface area contributed by atoms with E-state index in [1.807, 2.05) is 56.2 Å². The summed E-state index contributed by atoms with van der Waals surface area (Å²) >= 11 is 0. The first-order valence-electron chi connectivity index (χ1n) is 14.7. The molecule has 8 nitrogen and oxygen atoms in total. The Morgan fingerprint density at radius 2 is 1.00 bits per heavy atom. The second-order valence-corrected chi connectivity index (χ2v) is 9.71. The maximum atomic E-state index is 12.1. The molecule has 0 saturated heterocycles. The molecule has 0 aromatic carbocycles. The molecule has 0 rings (SSSR count). The van der Waals surface area contributed by atoms with Gasteiger partial charge in [-0.15, -0.1) is 0 Å². The van der Waals surface area contributed by atoms with Crippen LogP contribution in [0.15, 0.2) is 0 Å². The summed E-state index contributed by atoms with van der Waals surface area (Å²) in [5.41, 5.74) is 0. The Labute approximate surface area is 235 Å². The third kappa shape index (κ3) is 30.7. The SMILES string of the molecule is CC.CC.CCC(=O)CN(CCN(CCO)CCN(CC(C)=O)CC(=O)C(C)C)CC(C)=O.CCC(C)C. The summed E-state index contributed by atoms with van der Waals surface area (Å²) in [5.74, 6) is 0.970. The van der Waals surface area contributed by atoms with Crippen LogP contribution in [0, 0.1) is 11.8 Å². The van der Waals surface area contributed by atoms with Gasteiger partial charge in [-0.05, 0) is 19.8 Å². The third-order valence-corrected chi connectivity index (χ3v) is 5.41. The number of carbonyl (C=O) groups excluding carboxylic acids is 4. The van der Waals surface area contributed by atoms with Gasteiger partial charge in [0.05, 0.1) is 32.8 Å². The smallest absolute Gasteiger partial charge is 0.149 e. The van der Waals surface area contributed by atoms with Gasteiger partial charge in [0.1, 0.15) is 23.1 Å². The second kappa shape index (κ2) is 30.1. The summed E-state index contributed by atoms with van der Waals surface area (Å²) in [5, 5.41) is 9.37. The highest BCUT2D eigenvalue weighted by molar-refractivity contribution is 5.83. The molecule has 38 heavy (non-hydrogen) atoms. The van der Waals surface area contributed by atoms with Gasteiger partial charge in [0.15, 0.2) is 0 Å². The molecule has 0 heterocycles. The number of carbonyl (C=O) groups is 4. The van der Waals surface area contributed by atoms with Gasteiger partial charge in [0.25, 0.3) is 0 Å². The molecule has 0 bridgehead atoms. The lowest BCUT2D eigenvalue weighted by Crippen LogP contribution is -2.44. The van der Waals surface area contributed by atoms with E-state index < -0.39 is 0 Å². The van der Waals surface area contributed by atoms with Crippen LogP contribution in [0.3, 0.4) is 0 Å². The summed E-state index contributed by atoms with van der Waals surface area (Å²) in [4.78, 5) is 52.6. The van der Waals surface area contributed by atoms with Gasteiger partial charge in [-0.3, -0.25) is 33.9 Å². The van der Waals surface area contributed by atoms with Crippen LogP contribution in [0.4, 0.5) is 0 Å². The molecule has 0 atom stereocenters. The summed E-state index contributed by atoms with van der Waals surface area (Å²) in [7, 11) is 0. The minimum Gasteiger partial charge on any atom is -0.395 e. The number of aliphatic hydroxyl groups is 1. The zero-order valence-electron chi connectivity index (χ0n) is 27.1. The van der Waals surface area contributed by atoms with E-state index in [2.05, 4.69) is 20.8 Å². The molecule has 0 amide bonds. The van der Waals surface area contributed by atoms with Crippen LogP contribution in [-0.4, -0.2) is 108 Å². The van der Waals surface area contributed by atoms with Crippen molar-refractivity contribution in [2.24, 2.45) is 11.8 Å². The van der Waals surface area contributed by atoms with Crippen molar-refractivity contribution < 1.29 is 24.3 Å². The van der Waals surface area contributed by atoms with E-state index in [4.69, 9.17) is 0 Å². The fraction of sp³-hybridized carbons (Fsp3) is 0.867. The number of aliphatic hydroxyl groups excluding tert-OH is 1. The van der Waals surface area contributed by atoms with Gasteiger partial charge >= 0.3 is 0 Å². The second-order valence-electron chi connectivity index (χ2n) is 9.71. The van der Waals surface area contributed by atoms with Crippen molar-refractivity contribution in [2.75, 3.05) is 65.5 Å². The number of ketones is 4. The summed E-state index contributed by atoms with van der Waals surface area (Å²) in [6.45, 7) is 26.7. The van der Waals surface area contributed by atoms with Crippen LogP contribution in [-0.2, 0) is 19.2 Å². The Hall–Kier alpha value is -1.48. The lowest BCUT2D eigenvalue weighted by molar-refractivity contribution is -0.125. The van der Waals surface area contributed by atoms with E-state index in [-0.39, 0.29) is 61.8 Å². The molecule has 0 saturated carbocycles. The van der Waals surface area contributed by atoms with E-state index in [9.17, 15) is 24.3 Å². The van der Waals surface area contributed by atoms with E-state index in [0.29, 0.717) is 39.1 Å². The average molecular weight is 546 g/mol. The molecule has 0 aromatic heterocycles. The molecular formula is C30H63N3O5. The summed E-state index contributed by atoms with van der Waals surface area (Å²) in [6.07, 6.45) is 1.73. The highest BCUT2D eigenvalue weighted by atomic mass is 16.3. The molecule has 0 aliphatic heterocycles. The van der Waals surface area contributed by atoms with Crippen molar-refractivity contribution in [3.63, 3.8) is 0 Å². The van der Waals surface area contributed by atoms with Gasteiger partial charge in [-0.1, -0.05) is 75.7 Å². The number of hydrogen-bond acceptors (Lipinski definition) is 8. The van der Waals surface area contributed by atoms with Crippen LogP contribution in [0.5, 0.6) is 0 Å². The van der Waals surface area contributed by atoms with E-state index >= 15 is 0 Å². The molecule has 0 aromatic rings. The number of Topliss-reactive ketones (excluding diaryl/α,β-unsaturated/α-hetero) is 4. The first-order chi connectivity index (χ1) is 17.9. The molecule has 0 spiro atoms. The molecule has 1 N–H and O–H groups in total. The van der Waals surface area contributed by atoms with Crippen LogP contribution >= 0.6 is 0 Å². The third-order valence-electron chi connectivity index (χ3n) is 5.41. The monoisotopic (exact) mass is 545 g/mol. The maximum Gasteiger partial charge on any atom is 0.149 e. The topological polar surface area (TPSA) is 98.2 Å². The number of rotatable bonds is 19. The van der Waals surface area contributed by atoms with E-state index in [0.717, 1.165) is 5.92 Å². The van der Waals surface area contributed by atoms with Gasteiger partial charge < -0.3 is 5.11 Å². The molecule has 0 unspecified atom stereocenters. The minimum atomic E-state index is -0.0887. The fourth-order valence-electron chi connectivity index (χ4n) is 2.86. The first kappa shape index (κ1) is 43.6. The average Bonchev–Trinajstić information content (AvgIpc) is 2.87. The lowest BCUT2D eigenvalue weighted by Gasteiger charge is -2.29. The summed E-state index contributed by atoms with van der Waals surface area (Å²) in [6, 6.07) is 0. The first-order valence-corrected chi connectivity index (χ1v) is 14.7. The molecule has 0 aliphatic carbocycles. The van der Waals surface area contributed by atoms with Crippen molar-refractivity contribution >= 4 is 23.1 Å². The highest BCUT2D eigenvalue weighted by Gasteiger charge is 2.18. The van der Waals surface area contributed by atoms with Crippen molar-refractivity contribution in [3.05, 3.63) is 0 Å². The molecule has 0 aliphatic rings. The Morgan fingerprint density at radius 3 is 1.29 bits per heavy atom. The number of hydrogen-bond donors (Lipinski definition) is 1. The van der Waals surface area contributed by atoms with E-state index in [1.165, 1.54) is 20.3 Å². The van der Waals surface area contributed by atoms with Crippen molar-refractivity contribution in [2.45, 2.75) is 95.9 Å². The zero-order valence-corrected chi connectivity index (χ0v) is 27.1. The lowest BCUT2D eigenvalue weighted by atomic mass is 10.1. The molecule has 0 radical (unpaired) electrons. The van der Waals surface area contributed by atoms with Crippen LogP contribution in [0.2, 0.25) is 0 Å². The highest BCUT2D eigenvalue weighted by Crippen LogP contribution is 2.01. The molecular weight excluding hydrogens is 482 g/mol. The van der Waals surface area contributed by atoms with Crippen molar-refractivity contribution in [1.82, 2.24) is 14.7 Å². The Morgan fingerprint density at radius 1 is 0.632 bits per heavy atom. The molecule has 0 fully saturated rings. The van der Waals surface area contributed by atoms with Crippen molar-refractivity contribution in [1.29, 1.82) is 0 Å². The largest absolute Gasteiger partial charge is 0.395 e. The molecule has 8 heteroatoms. The van der Waals surface area contributed by atoms with Gasteiger partial charge in [0, 0.05) is 45.1 Å². The van der Waals surface area contributed by atoms with Gasteiger partial charge in [-0.25, -0.2) is 0 Å². The quantitative estimate of drug-likeness (QED) is 0.255. The van der Waals surface area contributed by atoms with Crippen LogP contribution in [0.25, 0.3) is 0 Å². The minimum absolute atomic E-state index is 0.000903. The predicted molar refractivity (Wildman–Crippen MR) is 161 cm³/mol. The summed E-state index contributed by atoms with van der Waals surface area (Å²) < 4.78 is 0. The molecule has 228 valence electrons.